The Kier molecular flexibility index (Phi) is 6.36. The van der Waals surface area contributed by atoms with Crippen molar-refractivity contribution >= 4 is 29.1 Å². The van der Waals surface area contributed by atoms with Crippen LogP contribution in [-0.4, -0.2) is 43.0 Å². The minimum atomic E-state index is -0.327. The van der Waals surface area contributed by atoms with Gasteiger partial charge in [-0.3, -0.25) is 14.5 Å². The Morgan fingerprint density at radius 1 is 1.37 bits per heavy atom. The molecule has 144 valence electrons. The van der Waals surface area contributed by atoms with E-state index in [-0.39, 0.29) is 24.4 Å². The Morgan fingerprint density at radius 2 is 2.22 bits per heavy atom. The van der Waals surface area contributed by atoms with Gasteiger partial charge < -0.3 is 19.8 Å². The van der Waals surface area contributed by atoms with Gasteiger partial charge in [0, 0.05) is 5.02 Å². The molecule has 2 aromatic rings. The molecule has 0 spiro atoms. The molecule has 0 saturated carbocycles. The SMILES string of the molecule is COc1ccc(Cl)cc1NC(=O)CN1CCCC1C(=O)NCc1ccco1. The number of nitrogens with one attached hydrogen (secondary N) is 2. The third-order valence-corrected chi connectivity index (χ3v) is 4.70. The molecule has 1 fully saturated rings. The monoisotopic (exact) mass is 391 g/mol. The van der Waals surface area contributed by atoms with Crippen molar-refractivity contribution in [3.05, 3.63) is 47.4 Å². The molecule has 7 nitrogen and oxygen atoms in total. The molecule has 2 heterocycles. The average molecular weight is 392 g/mol. The third kappa shape index (κ3) is 5.02. The van der Waals surface area contributed by atoms with E-state index in [1.807, 2.05) is 4.90 Å². The molecule has 1 atom stereocenters. The third-order valence-electron chi connectivity index (χ3n) is 4.47. The van der Waals surface area contributed by atoms with Crippen molar-refractivity contribution in [3.63, 3.8) is 0 Å². The van der Waals surface area contributed by atoms with Gasteiger partial charge in [0.1, 0.15) is 11.5 Å². The minimum Gasteiger partial charge on any atom is -0.495 e. The number of hydrogen-bond acceptors (Lipinski definition) is 5. The molecule has 1 aromatic carbocycles. The highest BCUT2D eigenvalue weighted by Crippen LogP contribution is 2.28. The Labute approximate surface area is 162 Å². The molecule has 1 saturated heterocycles. The van der Waals surface area contributed by atoms with Crippen molar-refractivity contribution in [2.24, 2.45) is 0 Å². The summed E-state index contributed by atoms with van der Waals surface area (Å²) < 4.78 is 10.5. The molecular formula is C19H22ClN3O4. The van der Waals surface area contributed by atoms with Crippen LogP contribution in [0.4, 0.5) is 5.69 Å². The van der Waals surface area contributed by atoms with E-state index in [1.165, 1.54) is 7.11 Å². The molecule has 0 bridgehead atoms. The number of likely N-dealkylation sites (tertiary alicyclic amines) is 1. The van der Waals surface area contributed by atoms with Gasteiger partial charge >= 0.3 is 0 Å². The normalized spacial score (nSPS) is 16.9. The summed E-state index contributed by atoms with van der Waals surface area (Å²) in [5.74, 6) is 0.902. The fraction of sp³-hybridized carbons (Fsp3) is 0.368. The maximum atomic E-state index is 12.5. The van der Waals surface area contributed by atoms with Gasteiger partial charge in [-0.25, -0.2) is 0 Å². The number of amides is 2. The van der Waals surface area contributed by atoms with Crippen LogP contribution in [0.3, 0.4) is 0 Å². The van der Waals surface area contributed by atoms with Crippen molar-refractivity contribution < 1.29 is 18.7 Å². The lowest BCUT2D eigenvalue weighted by molar-refractivity contribution is -0.126. The van der Waals surface area contributed by atoms with Gasteiger partial charge in [-0.1, -0.05) is 11.6 Å². The largest absolute Gasteiger partial charge is 0.495 e. The van der Waals surface area contributed by atoms with Crippen LogP contribution in [0.15, 0.2) is 41.0 Å². The summed E-state index contributed by atoms with van der Waals surface area (Å²) in [7, 11) is 1.53. The van der Waals surface area contributed by atoms with Crippen LogP contribution >= 0.6 is 11.6 Å². The smallest absolute Gasteiger partial charge is 0.238 e. The standard InChI is InChI=1S/C19H22ClN3O4/c1-26-17-7-6-13(20)10-15(17)22-18(24)12-23-8-2-5-16(23)19(25)21-11-14-4-3-9-27-14/h3-4,6-7,9-10,16H,2,5,8,11-12H2,1H3,(H,21,25)(H,22,24). The quantitative estimate of drug-likeness (QED) is 0.758. The lowest BCUT2D eigenvalue weighted by atomic mass is 10.2. The van der Waals surface area contributed by atoms with E-state index < -0.39 is 0 Å². The van der Waals surface area contributed by atoms with Gasteiger partial charge in [0.15, 0.2) is 0 Å². The summed E-state index contributed by atoms with van der Waals surface area (Å²) in [6.07, 6.45) is 3.15. The zero-order chi connectivity index (χ0) is 19.2. The number of anilines is 1. The van der Waals surface area contributed by atoms with Crippen molar-refractivity contribution in [2.75, 3.05) is 25.5 Å². The van der Waals surface area contributed by atoms with Crippen LogP contribution in [0.5, 0.6) is 5.75 Å². The van der Waals surface area contributed by atoms with Gasteiger partial charge in [0.2, 0.25) is 11.8 Å². The first-order valence-corrected chi connectivity index (χ1v) is 9.12. The van der Waals surface area contributed by atoms with Crippen LogP contribution in [0.25, 0.3) is 0 Å². The predicted octanol–water partition coefficient (Wildman–Crippen LogP) is 2.66. The lowest BCUT2D eigenvalue weighted by Gasteiger charge is -2.23. The molecule has 1 unspecified atom stereocenters. The summed E-state index contributed by atoms with van der Waals surface area (Å²) >= 11 is 5.99. The maximum absolute atomic E-state index is 12.5. The number of ether oxygens (including phenoxy) is 1. The molecule has 0 radical (unpaired) electrons. The van der Waals surface area contributed by atoms with Crippen LogP contribution < -0.4 is 15.4 Å². The first-order chi connectivity index (χ1) is 13.1. The first kappa shape index (κ1) is 19.3. The van der Waals surface area contributed by atoms with Crippen LogP contribution in [-0.2, 0) is 16.1 Å². The Hall–Kier alpha value is -2.51. The number of carbonyl (C=O) groups is 2. The molecule has 2 amide bonds. The second kappa shape index (κ2) is 8.92. The Bertz CT molecular complexity index is 794. The summed E-state index contributed by atoms with van der Waals surface area (Å²) in [6, 6.07) is 8.27. The molecule has 3 rings (SSSR count). The molecule has 8 heteroatoms. The number of rotatable bonds is 7. The highest BCUT2D eigenvalue weighted by Gasteiger charge is 2.31. The van der Waals surface area contributed by atoms with Gasteiger partial charge in [-0.05, 0) is 49.7 Å². The van der Waals surface area contributed by atoms with E-state index in [0.29, 0.717) is 35.3 Å². The number of halogens is 1. The van der Waals surface area contributed by atoms with Gasteiger partial charge in [-0.15, -0.1) is 0 Å². The van der Waals surface area contributed by atoms with E-state index in [1.54, 1.807) is 36.6 Å². The van der Waals surface area contributed by atoms with Crippen molar-refractivity contribution in [2.45, 2.75) is 25.4 Å². The van der Waals surface area contributed by atoms with E-state index in [0.717, 1.165) is 12.8 Å². The molecule has 27 heavy (non-hydrogen) atoms. The Morgan fingerprint density at radius 3 is 2.96 bits per heavy atom. The number of methoxy groups -OCH3 is 1. The number of benzene rings is 1. The van der Waals surface area contributed by atoms with Gasteiger partial charge in [-0.2, -0.15) is 0 Å². The Balaban J connectivity index is 1.56. The summed E-state index contributed by atoms with van der Waals surface area (Å²) in [6.45, 7) is 1.15. The van der Waals surface area contributed by atoms with Crippen molar-refractivity contribution in [1.82, 2.24) is 10.2 Å². The van der Waals surface area contributed by atoms with Crippen LogP contribution in [0.2, 0.25) is 5.02 Å². The van der Waals surface area contributed by atoms with E-state index in [4.69, 9.17) is 20.8 Å². The maximum Gasteiger partial charge on any atom is 0.238 e. The van der Waals surface area contributed by atoms with Gasteiger partial charge in [0.25, 0.3) is 0 Å². The second-order valence-electron chi connectivity index (χ2n) is 6.32. The van der Waals surface area contributed by atoms with Crippen LogP contribution in [0.1, 0.15) is 18.6 Å². The molecule has 2 N–H and O–H groups in total. The second-order valence-corrected chi connectivity index (χ2v) is 6.75. The fourth-order valence-corrected chi connectivity index (χ4v) is 3.34. The zero-order valence-electron chi connectivity index (χ0n) is 15.0. The fourth-order valence-electron chi connectivity index (χ4n) is 3.17. The van der Waals surface area contributed by atoms with Gasteiger partial charge in [0.05, 0.1) is 38.2 Å². The van der Waals surface area contributed by atoms with E-state index in [9.17, 15) is 9.59 Å². The molecule has 1 aliphatic rings. The topological polar surface area (TPSA) is 83.8 Å². The highest BCUT2D eigenvalue weighted by molar-refractivity contribution is 6.31. The predicted molar refractivity (Wildman–Crippen MR) is 102 cm³/mol. The number of carbonyl (C=O) groups excluding carboxylic acids is 2. The van der Waals surface area contributed by atoms with Crippen molar-refractivity contribution in [3.8, 4) is 5.75 Å². The molecule has 1 aliphatic heterocycles. The number of hydrogen-bond donors (Lipinski definition) is 2. The highest BCUT2D eigenvalue weighted by atomic mass is 35.5. The summed E-state index contributed by atoms with van der Waals surface area (Å²) in [5.41, 5.74) is 0.507. The average Bonchev–Trinajstić information content (AvgIpc) is 3.31. The summed E-state index contributed by atoms with van der Waals surface area (Å²) in [5, 5.41) is 6.17. The van der Waals surface area contributed by atoms with E-state index >= 15 is 0 Å². The number of furan rings is 1. The lowest BCUT2D eigenvalue weighted by Crippen LogP contribution is -2.45. The van der Waals surface area contributed by atoms with Crippen LogP contribution in [0, 0.1) is 0 Å². The first-order valence-electron chi connectivity index (χ1n) is 8.74. The summed E-state index contributed by atoms with van der Waals surface area (Å²) in [4.78, 5) is 26.8. The minimum absolute atomic E-state index is 0.1000. The molecule has 1 aromatic heterocycles. The molecular weight excluding hydrogens is 370 g/mol. The molecule has 0 aliphatic carbocycles. The van der Waals surface area contributed by atoms with Crippen molar-refractivity contribution in [1.29, 1.82) is 0 Å². The number of nitrogens with zero attached hydrogens (tertiary/aromatic N) is 1. The zero-order valence-corrected chi connectivity index (χ0v) is 15.8. The van der Waals surface area contributed by atoms with E-state index in [2.05, 4.69) is 10.6 Å².